The second-order valence-electron chi connectivity index (χ2n) is 7.42. The van der Waals surface area contributed by atoms with Gasteiger partial charge in [0.1, 0.15) is 16.4 Å². The molecule has 0 saturated carbocycles. The first-order chi connectivity index (χ1) is 17.5. The highest BCUT2D eigenvalue weighted by molar-refractivity contribution is 7.92. The number of sulfonamides is 1. The van der Waals surface area contributed by atoms with E-state index in [1.165, 1.54) is 38.3 Å². The average molecular weight is 588 g/mol. The molecule has 1 N–H and O–H groups in total. The van der Waals surface area contributed by atoms with Crippen molar-refractivity contribution in [3.63, 3.8) is 0 Å². The van der Waals surface area contributed by atoms with Crippen molar-refractivity contribution in [1.82, 2.24) is 0 Å². The normalized spacial score (nSPS) is 11.0. The number of carbonyl (C=O) groups is 2. The van der Waals surface area contributed by atoms with Crippen LogP contribution in [0.2, 0.25) is 15.1 Å². The molecule has 0 bridgehead atoms. The molecule has 0 radical (unpaired) electrons. The number of carbonyl (C=O) groups excluding carboxylic acids is 2. The van der Waals surface area contributed by atoms with Gasteiger partial charge in [-0.3, -0.25) is 9.52 Å². The van der Waals surface area contributed by atoms with Crippen molar-refractivity contribution in [2.75, 3.05) is 37.5 Å². The minimum atomic E-state index is -4.37. The van der Waals surface area contributed by atoms with Crippen LogP contribution in [0.25, 0.3) is 0 Å². The minimum Gasteiger partial charge on any atom is -0.495 e. The summed E-state index contributed by atoms with van der Waals surface area (Å²) in [6, 6.07) is 13.5. The lowest BCUT2D eigenvalue weighted by Crippen LogP contribution is -2.31. The zero-order valence-corrected chi connectivity index (χ0v) is 22.8. The monoisotopic (exact) mass is 586 g/mol. The third kappa shape index (κ3) is 6.58. The first-order valence-corrected chi connectivity index (χ1v) is 13.0. The van der Waals surface area contributed by atoms with Crippen molar-refractivity contribution in [3.05, 3.63) is 75.2 Å². The number of benzene rings is 3. The lowest BCUT2D eigenvalue weighted by atomic mass is 10.2. The van der Waals surface area contributed by atoms with Crippen LogP contribution in [0.3, 0.4) is 0 Å². The van der Waals surface area contributed by atoms with Crippen molar-refractivity contribution in [2.45, 2.75) is 4.90 Å². The number of nitrogens with zero attached hydrogens (tertiary/aromatic N) is 1. The maximum Gasteiger partial charge on any atom is 0.340 e. The van der Waals surface area contributed by atoms with Crippen molar-refractivity contribution in [3.8, 4) is 11.5 Å². The molecule has 0 aliphatic rings. The van der Waals surface area contributed by atoms with E-state index in [-0.39, 0.29) is 37.8 Å². The van der Waals surface area contributed by atoms with Crippen LogP contribution in [0.1, 0.15) is 10.4 Å². The van der Waals surface area contributed by atoms with Crippen LogP contribution in [0.15, 0.2) is 59.5 Å². The Kier molecular flexibility index (Phi) is 9.14. The molecule has 0 spiro atoms. The molecule has 0 aliphatic carbocycles. The zero-order chi connectivity index (χ0) is 27.3. The Hall–Kier alpha value is -3.18. The highest BCUT2D eigenvalue weighted by atomic mass is 35.5. The Morgan fingerprint density at radius 2 is 1.54 bits per heavy atom. The fourth-order valence-electron chi connectivity index (χ4n) is 3.13. The lowest BCUT2D eigenvalue weighted by Gasteiger charge is -2.17. The third-order valence-electron chi connectivity index (χ3n) is 5.09. The second-order valence-corrected chi connectivity index (χ2v) is 10.3. The fourth-order valence-corrected chi connectivity index (χ4v) is 5.28. The van der Waals surface area contributed by atoms with E-state index in [0.29, 0.717) is 5.69 Å². The van der Waals surface area contributed by atoms with Gasteiger partial charge >= 0.3 is 5.97 Å². The van der Waals surface area contributed by atoms with E-state index in [2.05, 4.69) is 4.72 Å². The average Bonchev–Trinajstić information content (AvgIpc) is 2.87. The first-order valence-electron chi connectivity index (χ1n) is 10.4. The number of methoxy groups -OCH3 is 2. The summed E-state index contributed by atoms with van der Waals surface area (Å²) in [5, 5.41) is -0.298. The summed E-state index contributed by atoms with van der Waals surface area (Å²) in [5.41, 5.74) is 0.293. The highest BCUT2D eigenvalue weighted by Gasteiger charge is 2.26. The van der Waals surface area contributed by atoms with E-state index in [0.717, 1.165) is 12.1 Å². The van der Waals surface area contributed by atoms with E-state index in [9.17, 15) is 18.0 Å². The maximum atomic E-state index is 13.2. The Morgan fingerprint density at radius 3 is 2.16 bits per heavy atom. The van der Waals surface area contributed by atoms with Gasteiger partial charge in [-0.05, 0) is 30.3 Å². The van der Waals surface area contributed by atoms with Crippen molar-refractivity contribution < 1.29 is 32.2 Å². The number of ether oxygens (including phenoxy) is 3. The van der Waals surface area contributed by atoms with Gasteiger partial charge in [0.25, 0.3) is 15.9 Å². The summed E-state index contributed by atoms with van der Waals surface area (Å²) < 4.78 is 44.1. The molecular weight excluding hydrogens is 567 g/mol. The van der Waals surface area contributed by atoms with Gasteiger partial charge in [-0.25, -0.2) is 13.2 Å². The van der Waals surface area contributed by atoms with Gasteiger partial charge in [-0.2, -0.15) is 0 Å². The molecule has 0 atom stereocenters. The highest BCUT2D eigenvalue weighted by Crippen LogP contribution is 2.38. The summed E-state index contributed by atoms with van der Waals surface area (Å²) in [4.78, 5) is 26.0. The van der Waals surface area contributed by atoms with Crippen LogP contribution in [0.4, 0.5) is 11.4 Å². The van der Waals surface area contributed by atoms with Gasteiger partial charge in [0.2, 0.25) is 0 Å². The Balaban J connectivity index is 1.84. The smallest absolute Gasteiger partial charge is 0.340 e. The van der Waals surface area contributed by atoms with E-state index in [4.69, 9.17) is 49.0 Å². The zero-order valence-electron chi connectivity index (χ0n) is 19.8. The van der Waals surface area contributed by atoms with E-state index in [1.54, 1.807) is 30.3 Å². The first kappa shape index (κ1) is 28.4. The molecule has 0 heterocycles. The molecule has 0 fully saturated rings. The SMILES string of the molecule is COc1cc(OC)c(NS(=O)(=O)c2cc(C(=O)OCC(=O)N(C)c3ccccc3)c(Cl)cc2Cl)cc1Cl. The molecule has 0 unspecified atom stereocenters. The number of anilines is 2. The Bertz CT molecular complexity index is 1430. The number of esters is 1. The van der Waals surface area contributed by atoms with Crippen LogP contribution in [0.5, 0.6) is 11.5 Å². The Labute approximate surface area is 228 Å². The van der Waals surface area contributed by atoms with Gasteiger partial charge in [-0.1, -0.05) is 53.0 Å². The predicted octanol–water partition coefficient (Wildman–Crippen LogP) is 5.28. The van der Waals surface area contributed by atoms with E-state index in [1.807, 2.05) is 0 Å². The summed E-state index contributed by atoms with van der Waals surface area (Å²) >= 11 is 18.4. The van der Waals surface area contributed by atoms with Crippen molar-refractivity contribution in [2.24, 2.45) is 0 Å². The number of para-hydroxylation sites is 1. The number of hydrogen-bond acceptors (Lipinski definition) is 7. The fraction of sp³-hybridized carbons (Fsp3) is 0.167. The largest absolute Gasteiger partial charge is 0.495 e. The maximum absolute atomic E-state index is 13.2. The molecule has 0 aliphatic heterocycles. The summed E-state index contributed by atoms with van der Waals surface area (Å²) in [7, 11) is -0.116. The van der Waals surface area contributed by atoms with Crippen LogP contribution < -0.4 is 19.1 Å². The number of rotatable bonds is 9. The summed E-state index contributed by atoms with van der Waals surface area (Å²) in [6.45, 7) is -0.606. The number of halogens is 3. The lowest BCUT2D eigenvalue weighted by molar-refractivity contribution is -0.121. The van der Waals surface area contributed by atoms with Gasteiger partial charge in [0, 0.05) is 18.8 Å². The van der Waals surface area contributed by atoms with Gasteiger partial charge in [-0.15, -0.1) is 0 Å². The molecule has 0 aromatic heterocycles. The molecule has 37 heavy (non-hydrogen) atoms. The van der Waals surface area contributed by atoms with E-state index >= 15 is 0 Å². The number of amides is 1. The second kappa shape index (κ2) is 11.9. The molecule has 0 saturated heterocycles. The molecule has 9 nitrogen and oxygen atoms in total. The molecule has 3 rings (SSSR count). The third-order valence-corrected chi connectivity index (χ3v) is 7.53. The van der Waals surface area contributed by atoms with Crippen LogP contribution in [0, 0.1) is 0 Å². The quantitative estimate of drug-likeness (QED) is 0.339. The number of hydrogen-bond donors (Lipinski definition) is 1. The summed E-state index contributed by atoms with van der Waals surface area (Å²) in [6.07, 6.45) is 0. The topological polar surface area (TPSA) is 111 Å². The van der Waals surface area contributed by atoms with E-state index < -0.39 is 33.4 Å². The van der Waals surface area contributed by atoms with Gasteiger partial charge in [0.05, 0.1) is 40.5 Å². The molecular formula is C24H21Cl3N2O7S. The molecule has 13 heteroatoms. The van der Waals surface area contributed by atoms with Crippen molar-refractivity contribution >= 4 is 68.1 Å². The molecule has 3 aromatic carbocycles. The molecule has 1 amide bonds. The number of nitrogens with one attached hydrogen (secondary N) is 1. The predicted molar refractivity (Wildman–Crippen MR) is 142 cm³/mol. The van der Waals surface area contributed by atoms with Crippen LogP contribution in [-0.4, -0.2) is 48.2 Å². The van der Waals surface area contributed by atoms with Crippen LogP contribution in [-0.2, 0) is 19.6 Å². The van der Waals surface area contributed by atoms with Gasteiger partial charge < -0.3 is 19.1 Å². The van der Waals surface area contributed by atoms with Gasteiger partial charge in [0.15, 0.2) is 6.61 Å². The standard InChI is InChI=1S/C24H21Cl3N2O7S/c1-29(14-7-5-4-6-8-14)23(30)13-36-24(31)15-9-22(18(27)10-16(15)25)37(32,33)28-19-11-17(26)20(34-2)12-21(19)35-3/h4-12,28H,13H2,1-3H3. The number of likely N-dealkylation sites (N-methyl/N-ethyl adjacent to an activating group) is 1. The minimum absolute atomic E-state index is 0.00186. The van der Waals surface area contributed by atoms with Crippen LogP contribution >= 0.6 is 34.8 Å². The summed E-state index contributed by atoms with van der Waals surface area (Å²) in [5.74, 6) is -1.14. The molecule has 196 valence electrons. The van der Waals surface area contributed by atoms with Crippen molar-refractivity contribution in [1.29, 1.82) is 0 Å². The Morgan fingerprint density at radius 1 is 0.892 bits per heavy atom. The molecule has 3 aromatic rings.